The third-order valence-corrected chi connectivity index (χ3v) is 3.94. The van der Waals surface area contributed by atoms with Crippen LogP contribution < -0.4 is 9.47 Å². The maximum atomic E-state index is 10.2. The highest BCUT2D eigenvalue weighted by atomic mass is 16.5. The molecule has 1 saturated carbocycles. The van der Waals surface area contributed by atoms with Crippen LogP contribution >= 0.6 is 0 Å². The van der Waals surface area contributed by atoms with Crippen LogP contribution in [0, 0.1) is 5.92 Å². The van der Waals surface area contributed by atoms with Crippen LogP contribution in [0.3, 0.4) is 0 Å². The van der Waals surface area contributed by atoms with E-state index in [0.717, 1.165) is 31.4 Å². The van der Waals surface area contributed by atoms with E-state index in [1.54, 1.807) is 26.5 Å². The lowest BCUT2D eigenvalue weighted by atomic mass is 9.92. The molecular formula is C15H23NO3. The van der Waals surface area contributed by atoms with Crippen molar-refractivity contribution >= 4 is 0 Å². The van der Waals surface area contributed by atoms with E-state index in [0.29, 0.717) is 11.5 Å². The van der Waals surface area contributed by atoms with Gasteiger partial charge in [0.2, 0.25) is 0 Å². The molecule has 4 heteroatoms. The van der Waals surface area contributed by atoms with Crippen molar-refractivity contribution in [2.75, 3.05) is 14.2 Å². The Labute approximate surface area is 114 Å². The van der Waals surface area contributed by atoms with Crippen molar-refractivity contribution in [3.05, 3.63) is 18.0 Å². The first-order valence-electron chi connectivity index (χ1n) is 7.00. The number of aromatic nitrogens is 1. The Hall–Kier alpha value is -1.29. The summed E-state index contributed by atoms with van der Waals surface area (Å²) >= 11 is 0. The van der Waals surface area contributed by atoms with Gasteiger partial charge < -0.3 is 14.6 Å². The molecule has 1 fully saturated rings. The van der Waals surface area contributed by atoms with Gasteiger partial charge in [0, 0.05) is 12.3 Å². The van der Waals surface area contributed by atoms with E-state index in [1.807, 2.05) is 0 Å². The maximum absolute atomic E-state index is 10.2. The van der Waals surface area contributed by atoms with Crippen LogP contribution in [0.2, 0.25) is 0 Å². The fourth-order valence-electron chi connectivity index (χ4n) is 2.85. The molecule has 2 atom stereocenters. The summed E-state index contributed by atoms with van der Waals surface area (Å²) in [4.78, 5) is 4.40. The lowest BCUT2D eigenvalue weighted by Crippen LogP contribution is -2.21. The van der Waals surface area contributed by atoms with Gasteiger partial charge in [-0.1, -0.05) is 19.3 Å². The van der Waals surface area contributed by atoms with Crippen LogP contribution in [0.5, 0.6) is 11.5 Å². The number of ether oxygens (including phenoxy) is 2. The van der Waals surface area contributed by atoms with Crippen molar-refractivity contribution < 1.29 is 14.6 Å². The highest BCUT2D eigenvalue weighted by molar-refractivity contribution is 5.42. The van der Waals surface area contributed by atoms with Crippen molar-refractivity contribution in [1.82, 2.24) is 4.98 Å². The summed E-state index contributed by atoms with van der Waals surface area (Å²) in [5.74, 6) is 1.67. The molecule has 1 heterocycles. The molecule has 1 aliphatic rings. The molecule has 0 aliphatic heterocycles. The number of nitrogens with zero attached hydrogens (tertiary/aromatic N) is 1. The summed E-state index contributed by atoms with van der Waals surface area (Å²) < 4.78 is 10.7. The number of aliphatic hydroxyl groups excluding tert-OH is 1. The minimum absolute atomic E-state index is 0.222. The van der Waals surface area contributed by atoms with Crippen LogP contribution in [0.4, 0.5) is 0 Å². The second-order valence-corrected chi connectivity index (χ2v) is 5.16. The Kier molecular flexibility index (Phi) is 5.02. The number of methoxy groups -OCH3 is 2. The predicted molar refractivity (Wildman–Crippen MR) is 73.6 cm³/mol. The van der Waals surface area contributed by atoms with Gasteiger partial charge in [0.1, 0.15) is 0 Å². The molecule has 1 aromatic rings. The highest BCUT2D eigenvalue weighted by Crippen LogP contribution is 2.33. The lowest BCUT2D eigenvalue weighted by molar-refractivity contribution is 0.0996. The van der Waals surface area contributed by atoms with Crippen molar-refractivity contribution in [1.29, 1.82) is 0 Å². The van der Waals surface area contributed by atoms with Gasteiger partial charge in [0.15, 0.2) is 11.5 Å². The summed E-state index contributed by atoms with van der Waals surface area (Å²) in [6.45, 7) is 0. The lowest BCUT2D eigenvalue weighted by Gasteiger charge is -2.21. The van der Waals surface area contributed by atoms with Crippen molar-refractivity contribution in [3.8, 4) is 11.5 Å². The Morgan fingerprint density at radius 3 is 2.74 bits per heavy atom. The average molecular weight is 265 g/mol. The molecule has 0 bridgehead atoms. The summed E-state index contributed by atoms with van der Waals surface area (Å²) in [5.41, 5.74) is 0.882. The van der Waals surface area contributed by atoms with Gasteiger partial charge in [-0.25, -0.2) is 0 Å². The molecule has 106 valence electrons. The Morgan fingerprint density at radius 2 is 2.00 bits per heavy atom. The van der Waals surface area contributed by atoms with E-state index in [-0.39, 0.29) is 12.0 Å². The molecule has 0 aromatic carbocycles. The summed E-state index contributed by atoms with van der Waals surface area (Å²) in [5, 5.41) is 10.2. The molecule has 2 unspecified atom stereocenters. The summed E-state index contributed by atoms with van der Waals surface area (Å²) in [7, 11) is 3.26. The van der Waals surface area contributed by atoms with Crippen LogP contribution in [0.25, 0.3) is 0 Å². The Morgan fingerprint density at radius 1 is 1.21 bits per heavy atom. The van der Waals surface area contributed by atoms with E-state index in [2.05, 4.69) is 4.98 Å². The van der Waals surface area contributed by atoms with Crippen LogP contribution in [0.15, 0.2) is 12.3 Å². The monoisotopic (exact) mass is 265 g/mol. The number of rotatable bonds is 4. The second-order valence-electron chi connectivity index (χ2n) is 5.16. The zero-order valence-corrected chi connectivity index (χ0v) is 11.8. The van der Waals surface area contributed by atoms with Gasteiger partial charge in [-0.05, 0) is 25.2 Å². The van der Waals surface area contributed by atoms with Gasteiger partial charge in [0.05, 0.1) is 26.0 Å². The van der Waals surface area contributed by atoms with E-state index < -0.39 is 0 Å². The Balaban J connectivity index is 2.17. The minimum Gasteiger partial charge on any atom is -0.493 e. The number of pyridine rings is 1. The first-order valence-corrected chi connectivity index (χ1v) is 7.00. The molecule has 4 nitrogen and oxygen atoms in total. The number of hydrogen-bond donors (Lipinski definition) is 1. The third kappa shape index (κ3) is 3.38. The molecule has 1 aromatic heterocycles. The van der Waals surface area contributed by atoms with E-state index in [4.69, 9.17) is 9.47 Å². The highest BCUT2D eigenvalue weighted by Gasteiger charge is 2.24. The van der Waals surface area contributed by atoms with Crippen molar-refractivity contribution in [2.45, 2.75) is 44.6 Å². The third-order valence-electron chi connectivity index (χ3n) is 3.94. The maximum Gasteiger partial charge on any atom is 0.182 e. The molecule has 0 saturated heterocycles. The van der Waals surface area contributed by atoms with Gasteiger partial charge in [0.25, 0.3) is 0 Å². The topological polar surface area (TPSA) is 51.6 Å². The molecule has 1 aliphatic carbocycles. The quantitative estimate of drug-likeness (QED) is 0.850. The SMILES string of the molecule is COc1ccnc(CC2CCCCCC2O)c1OC. The smallest absolute Gasteiger partial charge is 0.182 e. The standard InChI is InChI=1S/C15H23NO3/c1-18-14-8-9-16-12(15(14)19-2)10-11-6-4-3-5-7-13(11)17/h8-9,11,13,17H,3-7,10H2,1-2H3. The zero-order chi connectivity index (χ0) is 13.7. The Bertz CT molecular complexity index is 408. The molecule has 0 spiro atoms. The molecule has 1 N–H and O–H groups in total. The second kappa shape index (κ2) is 6.75. The van der Waals surface area contributed by atoms with Crippen LogP contribution in [-0.4, -0.2) is 30.4 Å². The fraction of sp³-hybridized carbons (Fsp3) is 0.667. The number of aliphatic hydroxyl groups is 1. The van der Waals surface area contributed by atoms with E-state index >= 15 is 0 Å². The van der Waals surface area contributed by atoms with Crippen molar-refractivity contribution in [3.63, 3.8) is 0 Å². The predicted octanol–water partition coefficient (Wildman–Crippen LogP) is 2.58. The summed E-state index contributed by atoms with van der Waals surface area (Å²) in [6.07, 6.45) is 7.76. The number of hydrogen-bond acceptors (Lipinski definition) is 4. The van der Waals surface area contributed by atoms with E-state index in [9.17, 15) is 5.11 Å². The van der Waals surface area contributed by atoms with Gasteiger partial charge in [-0.15, -0.1) is 0 Å². The molecular weight excluding hydrogens is 242 g/mol. The first kappa shape index (κ1) is 14.1. The van der Waals surface area contributed by atoms with Crippen LogP contribution in [-0.2, 0) is 6.42 Å². The first-order chi connectivity index (χ1) is 9.26. The minimum atomic E-state index is -0.222. The average Bonchev–Trinajstić information content (AvgIpc) is 2.64. The molecule has 19 heavy (non-hydrogen) atoms. The molecule has 0 radical (unpaired) electrons. The largest absolute Gasteiger partial charge is 0.493 e. The molecule has 0 amide bonds. The van der Waals surface area contributed by atoms with Crippen LogP contribution in [0.1, 0.15) is 37.8 Å². The molecule has 2 rings (SSSR count). The van der Waals surface area contributed by atoms with Gasteiger partial charge in [-0.3, -0.25) is 4.98 Å². The zero-order valence-electron chi connectivity index (χ0n) is 11.8. The van der Waals surface area contributed by atoms with E-state index in [1.165, 1.54) is 12.8 Å². The van der Waals surface area contributed by atoms with Crippen molar-refractivity contribution in [2.24, 2.45) is 5.92 Å². The van der Waals surface area contributed by atoms with Gasteiger partial charge in [-0.2, -0.15) is 0 Å². The normalized spacial score (nSPS) is 23.7. The van der Waals surface area contributed by atoms with Gasteiger partial charge >= 0.3 is 0 Å². The summed E-state index contributed by atoms with van der Waals surface area (Å²) in [6, 6.07) is 1.80. The fourth-order valence-corrected chi connectivity index (χ4v) is 2.85.